The average molecular weight is 383 g/mol. The number of amidine groups is 1. The van der Waals surface area contributed by atoms with Crippen molar-refractivity contribution < 1.29 is 14.4 Å². The Morgan fingerprint density at radius 2 is 1.57 bits per heavy atom. The number of ether oxygens (including phenoxy) is 1. The topological polar surface area (TPSA) is 85.9 Å². The first-order valence-electron chi connectivity index (χ1n) is 9.43. The maximum atomic E-state index is 12.3. The van der Waals surface area contributed by atoms with E-state index in [2.05, 4.69) is 38.2 Å². The number of carbonyl (C=O) groups excluding carboxylic acids is 1. The highest BCUT2D eigenvalue weighted by atomic mass is 16.6. The van der Waals surface area contributed by atoms with E-state index in [1.807, 2.05) is 48.5 Å². The van der Waals surface area contributed by atoms with Crippen molar-refractivity contribution in [2.24, 2.45) is 10.9 Å². The lowest BCUT2D eigenvalue weighted by molar-refractivity contribution is -0.120. The number of amides is 1. The zero-order valence-electron chi connectivity index (χ0n) is 16.9. The minimum atomic E-state index is -0.282. The maximum Gasteiger partial charge on any atom is 0.265 e. The summed E-state index contributed by atoms with van der Waals surface area (Å²) in [5.74, 6) is 1.14. The molecule has 0 bridgehead atoms. The third kappa shape index (κ3) is 6.30. The average Bonchev–Trinajstić information content (AvgIpc) is 2.67. The van der Waals surface area contributed by atoms with Crippen molar-refractivity contribution in [2.45, 2.75) is 39.5 Å². The lowest BCUT2D eigenvalue weighted by atomic mass is 9.92. The molecule has 0 heterocycles. The number of nitrogens with two attached hydrogens (primary N) is 1. The van der Waals surface area contributed by atoms with Crippen LogP contribution in [0.15, 0.2) is 53.7 Å². The summed E-state index contributed by atoms with van der Waals surface area (Å²) in [6.07, 6.45) is 0. The third-order valence-electron chi connectivity index (χ3n) is 4.14. The molecule has 2 rings (SSSR count). The van der Waals surface area contributed by atoms with E-state index in [1.165, 1.54) is 0 Å². The number of nitrogens with one attached hydrogen (secondary N) is 1. The van der Waals surface area contributed by atoms with Gasteiger partial charge in [-0.3, -0.25) is 4.79 Å². The van der Waals surface area contributed by atoms with Crippen molar-refractivity contribution in [2.75, 3.05) is 18.5 Å². The Morgan fingerprint density at radius 1 is 0.964 bits per heavy atom. The van der Waals surface area contributed by atoms with Crippen LogP contribution >= 0.6 is 0 Å². The molecule has 0 saturated heterocycles. The molecular formula is C22H29N3O3. The number of nitrogens with zero attached hydrogens (tertiary/aromatic N) is 1. The van der Waals surface area contributed by atoms with E-state index in [9.17, 15) is 4.79 Å². The summed E-state index contributed by atoms with van der Waals surface area (Å²) in [7, 11) is 0. The SMILES string of the molecule is CC(C)c1cccc(C(C)C)c1NC(=O)CO/N=C(\N)COc1ccccc1. The van der Waals surface area contributed by atoms with Gasteiger partial charge in [-0.2, -0.15) is 0 Å². The Balaban J connectivity index is 1.92. The molecule has 1 amide bonds. The fourth-order valence-electron chi connectivity index (χ4n) is 2.75. The van der Waals surface area contributed by atoms with Gasteiger partial charge in [-0.05, 0) is 35.1 Å². The van der Waals surface area contributed by atoms with Gasteiger partial charge in [-0.1, -0.05) is 69.2 Å². The third-order valence-corrected chi connectivity index (χ3v) is 4.14. The quantitative estimate of drug-likeness (QED) is 0.385. The molecular weight excluding hydrogens is 354 g/mol. The Kier molecular flexibility index (Phi) is 7.87. The van der Waals surface area contributed by atoms with Crippen LogP contribution in [-0.2, 0) is 9.63 Å². The molecule has 0 saturated carbocycles. The van der Waals surface area contributed by atoms with Crippen molar-refractivity contribution in [3.05, 3.63) is 59.7 Å². The maximum absolute atomic E-state index is 12.3. The van der Waals surface area contributed by atoms with Crippen LogP contribution in [0.5, 0.6) is 5.75 Å². The zero-order valence-corrected chi connectivity index (χ0v) is 16.9. The first kappa shape index (κ1) is 21.3. The van der Waals surface area contributed by atoms with Crippen LogP contribution in [0.4, 0.5) is 5.69 Å². The predicted octanol–water partition coefficient (Wildman–Crippen LogP) is 4.24. The van der Waals surface area contributed by atoms with Crippen LogP contribution in [0.2, 0.25) is 0 Å². The standard InChI is InChI=1S/C22H29N3O3/c1-15(2)18-11-8-12-19(16(3)4)22(18)24-21(26)14-28-25-20(23)13-27-17-9-6-5-7-10-17/h5-12,15-16H,13-14H2,1-4H3,(H2,23,25)(H,24,26). The Hall–Kier alpha value is -3.02. The Morgan fingerprint density at radius 3 is 2.14 bits per heavy atom. The van der Waals surface area contributed by atoms with Crippen LogP contribution in [0.1, 0.15) is 50.7 Å². The lowest BCUT2D eigenvalue weighted by Crippen LogP contribution is -2.23. The van der Waals surface area contributed by atoms with Gasteiger partial charge in [-0.15, -0.1) is 0 Å². The van der Waals surface area contributed by atoms with Crippen molar-refractivity contribution in [1.29, 1.82) is 0 Å². The van der Waals surface area contributed by atoms with Gasteiger partial charge >= 0.3 is 0 Å². The molecule has 0 spiro atoms. The number of rotatable bonds is 9. The fourth-order valence-corrected chi connectivity index (χ4v) is 2.75. The summed E-state index contributed by atoms with van der Waals surface area (Å²) in [6.45, 7) is 8.26. The molecule has 0 radical (unpaired) electrons. The van der Waals surface area contributed by atoms with Crippen LogP contribution in [0, 0.1) is 0 Å². The summed E-state index contributed by atoms with van der Waals surface area (Å²) in [6, 6.07) is 15.4. The van der Waals surface area contributed by atoms with Crippen molar-refractivity contribution in [3.63, 3.8) is 0 Å². The van der Waals surface area contributed by atoms with E-state index in [0.29, 0.717) is 17.6 Å². The minimum Gasteiger partial charge on any atom is -0.486 e. The normalized spacial score (nSPS) is 11.6. The number of para-hydroxylation sites is 2. The largest absolute Gasteiger partial charge is 0.486 e. The highest BCUT2D eigenvalue weighted by molar-refractivity contribution is 5.93. The van der Waals surface area contributed by atoms with Gasteiger partial charge in [0.05, 0.1) is 0 Å². The van der Waals surface area contributed by atoms with Gasteiger partial charge in [0.25, 0.3) is 5.91 Å². The molecule has 0 aromatic heterocycles. The zero-order chi connectivity index (χ0) is 20.5. The molecule has 3 N–H and O–H groups in total. The van der Waals surface area contributed by atoms with Gasteiger partial charge in [0, 0.05) is 5.69 Å². The molecule has 2 aromatic rings. The molecule has 150 valence electrons. The summed E-state index contributed by atoms with van der Waals surface area (Å²) >= 11 is 0. The number of anilines is 1. The van der Waals surface area contributed by atoms with Crippen LogP contribution in [0.25, 0.3) is 0 Å². The van der Waals surface area contributed by atoms with Crippen molar-refractivity contribution in [3.8, 4) is 5.75 Å². The minimum absolute atomic E-state index is 0.0827. The summed E-state index contributed by atoms with van der Waals surface area (Å²) < 4.78 is 5.47. The molecule has 0 unspecified atom stereocenters. The molecule has 0 aliphatic rings. The van der Waals surface area contributed by atoms with Gasteiger partial charge < -0.3 is 20.6 Å². The lowest BCUT2D eigenvalue weighted by Gasteiger charge is -2.20. The van der Waals surface area contributed by atoms with Crippen LogP contribution in [-0.4, -0.2) is 25.0 Å². The molecule has 6 nitrogen and oxygen atoms in total. The van der Waals surface area contributed by atoms with Gasteiger partial charge in [-0.25, -0.2) is 0 Å². The molecule has 0 aliphatic heterocycles. The summed E-state index contributed by atoms with van der Waals surface area (Å²) in [5, 5.41) is 6.71. The van der Waals surface area contributed by atoms with Crippen LogP contribution < -0.4 is 15.8 Å². The van der Waals surface area contributed by atoms with E-state index < -0.39 is 0 Å². The highest BCUT2D eigenvalue weighted by Crippen LogP contribution is 2.32. The van der Waals surface area contributed by atoms with Gasteiger partial charge in [0.15, 0.2) is 12.4 Å². The molecule has 0 aliphatic carbocycles. The van der Waals surface area contributed by atoms with Gasteiger partial charge in [0.2, 0.25) is 0 Å². The second-order valence-corrected chi connectivity index (χ2v) is 7.13. The fraction of sp³-hybridized carbons (Fsp3) is 0.364. The second kappa shape index (κ2) is 10.3. The number of hydrogen-bond acceptors (Lipinski definition) is 4. The molecule has 28 heavy (non-hydrogen) atoms. The first-order valence-corrected chi connectivity index (χ1v) is 9.43. The number of oxime groups is 1. The van der Waals surface area contributed by atoms with E-state index in [0.717, 1.165) is 16.8 Å². The predicted molar refractivity (Wildman–Crippen MR) is 113 cm³/mol. The summed E-state index contributed by atoms with van der Waals surface area (Å²) in [5.41, 5.74) is 8.80. The number of carbonyl (C=O) groups is 1. The Labute approximate surface area is 166 Å². The number of benzene rings is 2. The second-order valence-electron chi connectivity index (χ2n) is 7.13. The molecule has 0 fully saturated rings. The highest BCUT2D eigenvalue weighted by Gasteiger charge is 2.16. The van der Waals surface area contributed by atoms with E-state index in [1.54, 1.807) is 0 Å². The van der Waals surface area contributed by atoms with Crippen molar-refractivity contribution >= 4 is 17.4 Å². The number of hydrogen-bond donors (Lipinski definition) is 2. The van der Waals surface area contributed by atoms with E-state index in [4.69, 9.17) is 15.3 Å². The van der Waals surface area contributed by atoms with E-state index in [-0.39, 0.29) is 25.0 Å². The smallest absolute Gasteiger partial charge is 0.265 e. The van der Waals surface area contributed by atoms with E-state index >= 15 is 0 Å². The van der Waals surface area contributed by atoms with Crippen LogP contribution in [0.3, 0.4) is 0 Å². The molecule has 2 aromatic carbocycles. The van der Waals surface area contributed by atoms with Crippen molar-refractivity contribution in [1.82, 2.24) is 0 Å². The monoisotopic (exact) mass is 383 g/mol. The van der Waals surface area contributed by atoms with Gasteiger partial charge in [0.1, 0.15) is 12.4 Å². The molecule has 0 atom stereocenters. The summed E-state index contributed by atoms with van der Waals surface area (Å²) in [4.78, 5) is 17.4. The first-order chi connectivity index (χ1) is 13.4. The Bertz CT molecular complexity index is 776. The molecule has 6 heteroatoms.